The van der Waals surface area contributed by atoms with E-state index >= 15 is 0 Å². The lowest BCUT2D eigenvalue weighted by Gasteiger charge is -2.21. The molecule has 2 rings (SSSR count). The smallest absolute Gasteiger partial charge is 0.246 e. The van der Waals surface area contributed by atoms with E-state index in [1.165, 1.54) is 22.1 Å². The number of carbonyl (C=O) groups excluding carboxylic acids is 1. The fourth-order valence-corrected chi connectivity index (χ4v) is 5.06. The van der Waals surface area contributed by atoms with Crippen molar-refractivity contribution in [3.05, 3.63) is 48.0 Å². The summed E-state index contributed by atoms with van der Waals surface area (Å²) in [7, 11) is -3.72. The molecule has 0 unspecified atom stereocenters. The zero-order chi connectivity index (χ0) is 21.4. The Bertz CT molecular complexity index is 924. The highest BCUT2D eigenvalue weighted by molar-refractivity contribution is 8.00. The summed E-state index contributed by atoms with van der Waals surface area (Å²) in [5.74, 6) is 0.311. The largest absolute Gasteiger partial charge is 0.492 e. The van der Waals surface area contributed by atoms with Crippen molar-refractivity contribution in [2.45, 2.75) is 37.5 Å². The number of benzene rings is 2. The van der Waals surface area contributed by atoms with Crippen molar-refractivity contribution in [2.75, 3.05) is 30.8 Å². The van der Waals surface area contributed by atoms with Crippen molar-refractivity contribution in [3.8, 4) is 5.75 Å². The highest BCUT2D eigenvalue weighted by Crippen LogP contribution is 2.30. The molecule has 0 aromatic heterocycles. The average Bonchev–Trinajstić information content (AvgIpc) is 2.69. The Hall–Kier alpha value is -2.03. The number of ether oxygens (including phenoxy) is 1. The van der Waals surface area contributed by atoms with Crippen molar-refractivity contribution in [1.29, 1.82) is 0 Å². The van der Waals surface area contributed by atoms with E-state index in [1.807, 2.05) is 31.2 Å². The number of anilines is 1. The van der Waals surface area contributed by atoms with Crippen molar-refractivity contribution in [2.24, 2.45) is 0 Å². The van der Waals surface area contributed by atoms with E-state index in [1.54, 1.807) is 32.9 Å². The van der Waals surface area contributed by atoms with Gasteiger partial charge in [0, 0.05) is 23.7 Å². The van der Waals surface area contributed by atoms with E-state index in [2.05, 4.69) is 5.32 Å². The van der Waals surface area contributed by atoms with Gasteiger partial charge in [-0.3, -0.25) is 4.79 Å². The fraction of sp³-hybridized carbons (Fsp3) is 0.381. The van der Waals surface area contributed by atoms with Gasteiger partial charge in [0.2, 0.25) is 15.9 Å². The molecule has 0 aliphatic carbocycles. The first-order chi connectivity index (χ1) is 13.8. The van der Waals surface area contributed by atoms with Crippen LogP contribution in [0.2, 0.25) is 0 Å². The summed E-state index contributed by atoms with van der Waals surface area (Å²) >= 11 is 1.43. The monoisotopic (exact) mass is 436 g/mol. The summed E-state index contributed by atoms with van der Waals surface area (Å²) in [6.45, 7) is 8.44. The van der Waals surface area contributed by atoms with Crippen molar-refractivity contribution < 1.29 is 17.9 Å². The molecule has 0 bridgehead atoms. The molecular formula is C21H28N2O4S2. The summed E-state index contributed by atoms with van der Waals surface area (Å²) in [5.41, 5.74) is 1.59. The third kappa shape index (κ3) is 6.22. The number of hydrogen-bond acceptors (Lipinski definition) is 5. The van der Waals surface area contributed by atoms with Gasteiger partial charge >= 0.3 is 0 Å². The Morgan fingerprint density at radius 1 is 1.07 bits per heavy atom. The molecule has 0 aliphatic heterocycles. The predicted octanol–water partition coefficient (Wildman–Crippen LogP) is 4.16. The van der Waals surface area contributed by atoms with Crippen LogP contribution in [0.4, 0.5) is 5.69 Å². The quantitative estimate of drug-likeness (QED) is 0.566. The number of thioether (sulfide) groups is 1. The third-order valence-corrected chi connectivity index (χ3v) is 7.32. The molecule has 0 aliphatic rings. The molecule has 2 aromatic rings. The number of sulfonamides is 1. The summed E-state index contributed by atoms with van der Waals surface area (Å²) in [6.07, 6.45) is 0. The molecule has 2 aromatic carbocycles. The lowest BCUT2D eigenvalue weighted by atomic mass is 10.2. The zero-order valence-electron chi connectivity index (χ0n) is 17.3. The van der Waals surface area contributed by atoms with Gasteiger partial charge in [0.1, 0.15) is 10.6 Å². The highest BCUT2D eigenvalue weighted by Gasteiger charge is 2.26. The number of rotatable bonds is 10. The molecule has 0 fully saturated rings. The molecule has 29 heavy (non-hydrogen) atoms. The van der Waals surface area contributed by atoms with Crippen LogP contribution < -0.4 is 10.1 Å². The summed E-state index contributed by atoms with van der Waals surface area (Å²) in [6, 6.07) is 12.6. The lowest BCUT2D eigenvalue weighted by molar-refractivity contribution is -0.113. The number of hydrogen-bond donors (Lipinski definition) is 1. The Labute approximate surface area is 177 Å². The Kier molecular flexibility index (Phi) is 8.55. The summed E-state index contributed by atoms with van der Waals surface area (Å²) in [5, 5.41) is 2.78. The first-order valence-corrected chi connectivity index (χ1v) is 12.0. The second-order valence-corrected chi connectivity index (χ2v) is 9.29. The molecule has 158 valence electrons. The van der Waals surface area contributed by atoms with Gasteiger partial charge in [-0.15, -0.1) is 11.8 Å². The van der Waals surface area contributed by atoms with E-state index in [9.17, 15) is 13.2 Å². The van der Waals surface area contributed by atoms with Gasteiger partial charge in [-0.25, -0.2) is 8.42 Å². The van der Waals surface area contributed by atoms with Gasteiger partial charge < -0.3 is 10.1 Å². The number of amides is 1. The second-order valence-electron chi connectivity index (χ2n) is 6.33. The van der Waals surface area contributed by atoms with E-state index in [0.29, 0.717) is 25.4 Å². The lowest BCUT2D eigenvalue weighted by Crippen LogP contribution is -2.31. The molecule has 1 amide bonds. The van der Waals surface area contributed by atoms with Crippen molar-refractivity contribution in [3.63, 3.8) is 0 Å². The van der Waals surface area contributed by atoms with Crippen LogP contribution in [0.3, 0.4) is 0 Å². The van der Waals surface area contributed by atoms with Crippen LogP contribution in [0.5, 0.6) is 5.75 Å². The number of carbonyl (C=O) groups is 1. The minimum absolute atomic E-state index is 0.0621. The van der Waals surface area contributed by atoms with Gasteiger partial charge in [-0.05, 0) is 44.2 Å². The number of aryl methyl sites for hydroxylation is 1. The minimum atomic E-state index is -3.72. The first-order valence-electron chi connectivity index (χ1n) is 9.58. The Balaban J connectivity index is 2.18. The molecule has 6 nitrogen and oxygen atoms in total. The van der Waals surface area contributed by atoms with Gasteiger partial charge in [0.05, 0.1) is 12.4 Å². The van der Waals surface area contributed by atoms with Crippen LogP contribution in [0.1, 0.15) is 26.3 Å². The van der Waals surface area contributed by atoms with E-state index in [4.69, 9.17) is 4.74 Å². The van der Waals surface area contributed by atoms with Crippen molar-refractivity contribution in [1.82, 2.24) is 4.31 Å². The summed E-state index contributed by atoms with van der Waals surface area (Å²) < 4.78 is 32.9. The fourth-order valence-electron chi connectivity index (χ4n) is 2.75. The first kappa shape index (κ1) is 23.3. The Morgan fingerprint density at radius 2 is 1.72 bits per heavy atom. The van der Waals surface area contributed by atoms with Gasteiger partial charge in [-0.2, -0.15) is 4.31 Å². The SMILES string of the molecule is CCOc1ccc(NC(=O)CSc2ccc(C)cc2)cc1S(=O)(=O)N(CC)CC. The topological polar surface area (TPSA) is 75.7 Å². The van der Waals surface area contributed by atoms with E-state index < -0.39 is 10.0 Å². The molecule has 0 radical (unpaired) electrons. The number of nitrogens with zero attached hydrogens (tertiary/aromatic N) is 1. The molecule has 0 heterocycles. The molecule has 0 spiro atoms. The average molecular weight is 437 g/mol. The van der Waals surface area contributed by atoms with Crippen molar-refractivity contribution >= 4 is 33.4 Å². The van der Waals surface area contributed by atoms with Crippen LogP contribution in [0.15, 0.2) is 52.3 Å². The molecule has 8 heteroatoms. The third-order valence-electron chi connectivity index (χ3n) is 4.24. The van der Waals surface area contributed by atoms with Crippen LogP contribution in [0.25, 0.3) is 0 Å². The van der Waals surface area contributed by atoms with Gasteiger partial charge in [0.25, 0.3) is 0 Å². The number of nitrogens with one attached hydrogen (secondary N) is 1. The highest BCUT2D eigenvalue weighted by atomic mass is 32.2. The van der Waals surface area contributed by atoms with E-state index in [0.717, 1.165) is 10.5 Å². The van der Waals surface area contributed by atoms with E-state index in [-0.39, 0.29) is 22.3 Å². The predicted molar refractivity (Wildman–Crippen MR) is 118 cm³/mol. The maximum atomic E-state index is 13.0. The molecule has 1 N–H and O–H groups in total. The zero-order valence-corrected chi connectivity index (χ0v) is 18.9. The molecular weight excluding hydrogens is 408 g/mol. The minimum Gasteiger partial charge on any atom is -0.492 e. The molecule has 0 saturated carbocycles. The molecule has 0 saturated heterocycles. The van der Waals surface area contributed by atoms with Crippen LogP contribution >= 0.6 is 11.8 Å². The second kappa shape index (κ2) is 10.7. The Morgan fingerprint density at radius 3 is 2.31 bits per heavy atom. The maximum Gasteiger partial charge on any atom is 0.246 e. The maximum absolute atomic E-state index is 13.0. The van der Waals surface area contributed by atoms with Gasteiger partial charge in [-0.1, -0.05) is 31.5 Å². The summed E-state index contributed by atoms with van der Waals surface area (Å²) in [4.78, 5) is 13.4. The standard InChI is InChI=1S/C21H28N2O4S2/c1-5-23(6-2)29(25,26)20-14-17(10-13-19(20)27-7-3)22-21(24)15-28-18-11-8-16(4)9-12-18/h8-14H,5-7,15H2,1-4H3,(H,22,24). The van der Waals surface area contributed by atoms with Gasteiger partial charge in [0.15, 0.2) is 0 Å². The normalized spacial score (nSPS) is 11.5. The van der Waals surface area contributed by atoms with Crippen LogP contribution in [-0.2, 0) is 14.8 Å². The van der Waals surface area contributed by atoms with Crippen LogP contribution in [0, 0.1) is 6.92 Å². The van der Waals surface area contributed by atoms with Crippen LogP contribution in [-0.4, -0.2) is 44.1 Å². The molecule has 0 atom stereocenters.